The summed E-state index contributed by atoms with van der Waals surface area (Å²) in [6.07, 6.45) is 8.03. The van der Waals surface area contributed by atoms with Gasteiger partial charge in [0.2, 0.25) is 0 Å². The van der Waals surface area contributed by atoms with Crippen LogP contribution in [-0.4, -0.2) is 49.3 Å². The number of aryl methyl sites for hydroxylation is 2. The predicted octanol–water partition coefficient (Wildman–Crippen LogP) is 6.53. The minimum atomic E-state index is -0.775. The van der Waals surface area contributed by atoms with E-state index in [-0.39, 0.29) is 24.6 Å². The monoisotopic (exact) mass is 568 g/mol. The third-order valence-corrected chi connectivity index (χ3v) is 7.03. The fourth-order valence-corrected chi connectivity index (χ4v) is 4.94. The second-order valence-electron chi connectivity index (χ2n) is 10.3. The van der Waals surface area contributed by atoms with Gasteiger partial charge in [0, 0.05) is 24.8 Å². The summed E-state index contributed by atoms with van der Waals surface area (Å²) in [5.74, 6) is 1.38. The lowest BCUT2D eigenvalue weighted by atomic mass is 9.98. The van der Waals surface area contributed by atoms with Crippen molar-refractivity contribution < 1.29 is 38.4 Å². The molecule has 41 heavy (non-hydrogen) atoms. The van der Waals surface area contributed by atoms with E-state index in [4.69, 9.17) is 24.1 Å². The minimum Gasteiger partial charge on any atom is -0.493 e. The van der Waals surface area contributed by atoms with Crippen molar-refractivity contribution in [1.82, 2.24) is 0 Å². The molecule has 0 amide bonds. The number of hydrogen-bond donors (Lipinski definition) is 1. The maximum Gasteiger partial charge on any atom is 0.306 e. The molecule has 1 aliphatic rings. The number of carboxylic acid groups (broad SMARTS) is 1. The van der Waals surface area contributed by atoms with Crippen LogP contribution >= 0.6 is 0 Å². The van der Waals surface area contributed by atoms with Gasteiger partial charge in [0.05, 0.1) is 32.0 Å². The lowest BCUT2D eigenvalue weighted by Gasteiger charge is -2.22. The molecule has 0 aromatic heterocycles. The first-order valence-electron chi connectivity index (χ1n) is 15.0. The maximum atomic E-state index is 12.2. The van der Waals surface area contributed by atoms with E-state index in [1.54, 1.807) is 6.92 Å². The van der Waals surface area contributed by atoms with Gasteiger partial charge in [-0.05, 0) is 87.6 Å². The molecular formula is C33H44O8. The molecule has 1 aliphatic heterocycles. The molecule has 2 aromatic rings. The van der Waals surface area contributed by atoms with Crippen LogP contribution in [0.1, 0.15) is 98.7 Å². The summed E-state index contributed by atoms with van der Waals surface area (Å²) in [7, 11) is 0. The summed E-state index contributed by atoms with van der Waals surface area (Å²) >= 11 is 0. The van der Waals surface area contributed by atoms with Crippen LogP contribution in [0.2, 0.25) is 0 Å². The van der Waals surface area contributed by atoms with Crippen molar-refractivity contribution in [3.63, 3.8) is 0 Å². The van der Waals surface area contributed by atoms with Crippen molar-refractivity contribution in [3.05, 3.63) is 52.6 Å². The van der Waals surface area contributed by atoms with E-state index >= 15 is 0 Å². The molecular weight excluding hydrogens is 524 g/mol. The van der Waals surface area contributed by atoms with Gasteiger partial charge in [-0.2, -0.15) is 0 Å². The highest BCUT2D eigenvalue weighted by Crippen LogP contribution is 2.36. The van der Waals surface area contributed by atoms with Crippen LogP contribution in [0.5, 0.6) is 17.2 Å². The van der Waals surface area contributed by atoms with E-state index < -0.39 is 5.97 Å². The van der Waals surface area contributed by atoms with Gasteiger partial charge in [0.1, 0.15) is 17.2 Å². The zero-order chi connectivity index (χ0) is 29.5. The predicted molar refractivity (Wildman–Crippen MR) is 156 cm³/mol. The maximum absolute atomic E-state index is 12.2. The number of carbonyl (C=O) groups excluding carboxylic acids is 2. The fraction of sp³-hybridized carbons (Fsp3) is 0.545. The Morgan fingerprint density at radius 3 is 2.37 bits per heavy atom. The normalized spacial score (nSPS) is 12.4. The molecule has 0 aliphatic carbocycles. The molecule has 3 rings (SSSR count). The average Bonchev–Trinajstić information content (AvgIpc) is 2.95. The molecule has 0 atom stereocenters. The molecule has 0 radical (unpaired) electrons. The molecule has 8 nitrogen and oxygen atoms in total. The molecule has 0 fully saturated rings. The number of carboxylic acids is 1. The number of aliphatic carboxylic acids is 1. The Hall–Kier alpha value is -3.55. The highest BCUT2D eigenvalue weighted by molar-refractivity contribution is 6.00. The standard InChI is InChI=1S/C33H44O8/c1-3-10-27-30(17-15-26-28(34)19-22-41-33(26)27)40-21-9-5-8-20-39-29-16-13-24(11-6-7-12-31(35)36)23-25(29)14-18-32(37)38-4-2/h13,15-17,23H,3-12,14,18-22H2,1-2H3,(H,35,36). The first kappa shape index (κ1) is 32.0. The van der Waals surface area contributed by atoms with Gasteiger partial charge in [-0.15, -0.1) is 0 Å². The average molecular weight is 569 g/mol. The molecule has 0 bridgehead atoms. The van der Waals surface area contributed by atoms with Crippen molar-refractivity contribution in [2.75, 3.05) is 26.4 Å². The van der Waals surface area contributed by atoms with Crippen LogP contribution in [0.3, 0.4) is 0 Å². The Morgan fingerprint density at radius 1 is 0.878 bits per heavy atom. The topological polar surface area (TPSA) is 108 Å². The number of fused-ring (bicyclic) bond motifs is 1. The molecule has 2 aromatic carbocycles. The number of esters is 1. The largest absolute Gasteiger partial charge is 0.493 e. The molecule has 0 saturated carbocycles. The summed E-state index contributed by atoms with van der Waals surface area (Å²) < 4.78 is 23.2. The van der Waals surface area contributed by atoms with E-state index in [1.165, 1.54) is 0 Å². The number of ketones is 1. The number of benzene rings is 2. The van der Waals surface area contributed by atoms with Gasteiger partial charge in [-0.3, -0.25) is 14.4 Å². The van der Waals surface area contributed by atoms with E-state index in [9.17, 15) is 14.4 Å². The van der Waals surface area contributed by atoms with Gasteiger partial charge in [-0.1, -0.05) is 25.5 Å². The van der Waals surface area contributed by atoms with Gasteiger partial charge in [-0.25, -0.2) is 0 Å². The lowest BCUT2D eigenvalue weighted by Crippen LogP contribution is -2.17. The zero-order valence-electron chi connectivity index (χ0n) is 24.5. The van der Waals surface area contributed by atoms with Crippen molar-refractivity contribution >= 4 is 17.7 Å². The highest BCUT2D eigenvalue weighted by atomic mass is 16.5. The Morgan fingerprint density at radius 2 is 1.63 bits per heavy atom. The van der Waals surface area contributed by atoms with Gasteiger partial charge in [0.15, 0.2) is 5.78 Å². The number of hydrogen-bond acceptors (Lipinski definition) is 7. The highest BCUT2D eigenvalue weighted by Gasteiger charge is 2.23. The van der Waals surface area contributed by atoms with E-state index in [2.05, 4.69) is 13.0 Å². The number of Topliss-reactive ketones (excluding diaryl/α,β-unsaturated/α-hetero) is 1. The molecule has 0 unspecified atom stereocenters. The molecule has 0 saturated heterocycles. The van der Waals surface area contributed by atoms with Crippen LogP contribution in [0.25, 0.3) is 0 Å². The summed E-state index contributed by atoms with van der Waals surface area (Å²) in [5, 5.41) is 8.86. The van der Waals surface area contributed by atoms with Crippen LogP contribution in [0.15, 0.2) is 30.3 Å². The van der Waals surface area contributed by atoms with E-state index in [0.29, 0.717) is 57.0 Å². The Kier molecular flexibility index (Phi) is 13.5. The summed E-state index contributed by atoms with van der Waals surface area (Å²) in [6, 6.07) is 9.75. The lowest BCUT2D eigenvalue weighted by molar-refractivity contribution is -0.143. The van der Waals surface area contributed by atoms with Gasteiger partial charge in [0.25, 0.3) is 0 Å². The molecule has 1 heterocycles. The second kappa shape index (κ2) is 17.3. The first-order chi connectivity index (χ1) is 19.9. The fourth-order valence-electron chi connectivity index (χ4n) is 4.94. The van der Waals surface area contributed by atoms with Gasteiger partial charge >= 0.3 is 11.9 Å². The molecule has 224 valence electrons. The van der Waals surface area contributed by atoms with Crippen molar-refractivity contribution in [2.45, 2.75) is 90.9 Å². The van der Waals surface area contributed by atoms with Crippen LogP contribution < -0.4 is 14.2 Å². The zero-order valence-corrected chi connectivity index (χ0v) is 24.5. The quantitative estimate of drug-likeness (QED) is 0.151. The number of ether oxygens (including phenoxy) is 4. The summed E-state index contributed by atoms with van der Waals surface area (Å²) in [5.41, 5.74) is 3.73. The first-order valence-corrected chi connectivity index (χ1v) is 15.0. The Labute approximate surface area is 243 Å². The molecule has 8 heteroatoms. The molecule has 0 spiro atoms. The second-order valence-corrected chi connectivity index (χ2v) is 10.3. The van der Waals surface area contributed by atoms with Crippen molar-refractivity contribution in [1.29, 1.82) is 0 Å². The van der Waals surface area contributed by atoms with Crippen LogP contribution in [0.4, 0.5) is 0 Å². The van der Waals surface area contributed by atoms with E-state index in [1.807, 2.05) is 24.3 Å². The number of carbonyl (C=O) groups is 3. The van der Waals surface area contributed by atoms with Crippen molar-refractivity contribution in [2.24, 2.45) is 0 Å². The minimum absolute atomic E-state index is 0.129. The third-order valence-electron chi connectivity index (χ3n) is 7.03. The third kappa shape index (κ3) is 10.4. The Bertz CT molecular complexity index is 1160. The Balaban J connectivity index is 1.47. The number of rotatable bonds is 19. The van der Waals surface area contributed by atoms with Crippen molar-refractivity contribution in [3.8, 4) is 17.2 Å². The van der Waals surface area contributed by atoms with Crippen LogP contribution in [0, 0.1) is 0 Å². The molecule has 1 N–H and O–H groups in total. The van der Waals surface area contributed by atoms with E-state index in [0.717, 1.165) is 73.1 Å². The SMILES string of the molecule is CCCc1c(OCCCCCOc2ccc(CCCCC(=O)O)cc2CCC(=O)OCC)ccc2c1OCCC2=O. The number of unbranched alkanes of at least 4 members (excludes halogenated alkanes) is 3. The smallest absolute Gasteiger partial charge is 0.306 e. The summed E-state index contributed by atoms with van der Waals surface area (Å²) in [4.78, 5) is 35.0. The van der Waals surface area contributed by atoms with Crippen LogP contribution in [-0.2, 0) is 33.6 Å². The van der Waals surface area contributed by atoms with Gasteiger partial charge < -0.3 is 24.1 Å². The summed E-state index contributed by atoms with van der Waals surface area (Å²) in [6.45, 7) is 5.81.